The minimum absolute atomic E-state index is 0.431. The van der Waals surface area contributed by atoms with Crippen LogP contribution >= 0.6 is 11.6 Å². The number of nitrogens with one attached hydrogen (secondary N) is 2. The van der Waals surface area contributed by atoms with Crippen molar-refractivity contribution in [1.82, 2.24) is 15.2 Å². The molecule has 2 N–H and O–H groups in total. The SMILES string of the molecule is Cc1cc(Cl)ccc1Nc1nncc(Nc2ccc(N3CCCCC3)cc2)n1. The van der Waals surface area contributed by atoms with Gasteiger partial charge >= 0.3 is 0 Å². The summed E-state index contributed by atoms with van der Waals surface area (Å²) in [5.41, 5.74) is 4.15. The summed E-state index contributed by atoms with van der Waals surface area (Å²) in [6, 6.07) is 14.1. The summed E-state index contributed by atoms with van der Waals surface area (Å²) in [4.78, 5) is 6.94. The number of hydrogen-bond acceptors (Lipinski definition) is 6. The Labute approximate surface area is 170 Å². The molecule has 144 valence electrons. The molecule has 1 fully saturated rings. The molecule has 2 heterocycles. The van der Waals surface area contributed by atoms with Gasteiger partial charge < -0.3 is 15.5 Å². The molecule has 0 spiro atoms. The molecule has 0 radical (unpaired) electrons. The molecule has 6 nitrogen and oxygen atoms in total. The molecule has 1 aliphatic heterocycles. The van der Waals surface area contributed by atoms with Crippen molar-refractivity contribution in [1.29, 1.82) is 0 Å². The molecule has 4 rings (SSSR count). The molecule has 0 unspecified atom stereocenters. The first-order chi connectivity index (χ1) is 13.7. The number of nitrogens with zero attached hydrogens (tertiary/aromatic N) is 4. The zero-order valence-corrected chi connectivity index (χ0v) is 16.6. The first kappa shape index (κ1) is 18.5. The lowest BCUT2D eigenvalue weighted by Gasteiger charge is -2.28. The van der Waals surface area contributed by atoms with E-state index in [1.807, 2.05) is 25.1 Å². The largest absolute Gasteiger partial charge is 0.372 e. The summed E-state index contributed by atoms with van der Waals surface area (Å²) < 4.78 is 0. The fourth-order valence-corrected chi connectivity index (χ4v) is 3.59. The van der Waals surface area contributed by atoms with Crippen LogP contribution in [0.1, 0.15) is 24.8 Å². The summed E-state index contributed by atoms with van der Waals surface area (Å²) in [6.45, 7) is 4.26. The molecule has 28 heavy (non-hydrogen) atoms. The first-order valence-electron chi connectivity index (χ1n) is 9.52. The van der Waals surface area contributed by atoms with E-state index in [0.29, 0.717) is 16.8 Å². The molecule has 0 bridgehead atoms. The highest BCUT2D eigenvalue weighted by atomic mass is 35.5. The Morgan fingerprint density at radius 2 is 1.75 bits per heavy atom. The van der Waals surface area contributed by atoms with E-state index in [2.05, 4.69) is 55.0 Å². The molecule has 0 amide bonds. The van der Waals surface area contributed by atoms with Gasteiger partial charge in [-0.1, -0.05) is 11.6 Å². The maximum Gasteiger partial charge on any atom is 0.249 e. The van der Waals surface area contributed by atoms with Crippen LogP contribution in [0.4, 0.5) is 28.8 Å². The normalized spacial score (nSPS) is 14.0. The van der Waals surface area contributed by atoms with E-state index in [9.17, 15) is 0 Å². The molecule has 0 saturated carbocycles. The molecule has 2 aromatic carbocycles. The molecule has 7 heteroatoms. The fourth-order valence-electron chi connectivity index (χ4n) is 3.36. The van der Waals surface area contributed by atoms with Gasteiger partial charge in [-0.2, -0.15) is 10.1 Å². The second kappa shape index (κ2) is 8.44. The molecular weight excluding hydrogens is 372 g/mol. The molecule has 1 saturated heterocycles. The van der Waals surface area contributed by atoms with Crippen molar-refractivity contribution in [3.05, 3.63) is 59.2 Å². The Bertz CT molecular complexity index is 938. The molecular formula is C21H23ClN6. The van der Waals surface area contributed by atoms with Crippen LogP contribution in [0, 0.1) is 6.92 Å². The zero-order chi connectivity index (χ0) is 19.3. The average molecular weight is 395 g/mol. The van der Waals surface area contributed by atoms with Gasteiger partial charge in [-0.05, 0) is 74.2 Å². The van der Waals surface area contributed by atoms with Gasteiger partial charge in [-0.15, -0.1) is 5.10 Å². The zero-order valence-electron chi connectivity index (χ0n) is 15.8. The number of rotatable bonds is 5. The molecule has 0 atom stereocenters. The number of halogens is 1. The number of aryl methyl sites for hydroxylation is 1. The Balaban J connectivity index is 1.44. The minimum atomic E-state index is 0.431. The van der Waals surface area contributed by atoms with Crippen LogP contribution in [0.15, 0.2) is 48.7 Å². The third-order valence-corrected chi connectivity index (χ3v) is 5.09. The standard InChI is InChI=1S/C21H23ClN6/c1-15-13-16(22)5-10-19(15)25-21-26-20(14-23-27-21)24-17-6-8-18(9-7-17)28-11-3-2-4-12-28/h5-10,13-14H,2-4,11-12H2,1H3,(H2,24,25,26,27). The van der Waals surface area contributed by atoms with E-state index in [0.717, 1.165) is 30.0 Å². The monoisotopic (exact) mass is 394 g/mol. The summed E-state index contributed by atoms with van der Waals surface area (Å²) in [5.74, 6) is 1.06. The molecule has 0 aliphatic carbocycles. The van der Waals surface area contributed by atoms with Gasteiger partial charge in [0.05, 0.1) is 6.20 Å². The third-order valence-electron chi connectivity index (χ3n) is 4.85. The van der Waals surface area contributed by atoms with Crippen LogP contribution in [0.2, 0.25) is 5.02 Å². The van der Waals surface area contributed by atoms with Crippen LogP contribution in [0.5, 0.6) is 0 Å². The van der Waals surface area contributed by atoms with Crippen molar-refractivity contribution in [2.24, 2.45) is 0 Å². The van der Waals surface area contributed by atoms with Gasteiger partial charge in [0.2, 0.25) is 5.95 Å². The Morgan fingerprint density at radius 3 is 2.50 bits per heavy atom. The van der Waals surface area contributed by atoms with Crippen molar-refractivity contribution in [3.63, 3.8) is 0 Å². The predicted octanol–water partition coefficient (Wildman–Crippen LogP) is 5.31. The maximum atomic E-state index is 6.01. The summed E-state index contributed by atoms with van der Waals surface area (Å²) in [5, 5.41) is 15.3. The van der Waals surface area contributed by atoms with Crippen LogP contribution in [0.3, 0.4) is 0 Å². The van der Waals surface area contributed by atoms with Gasteiger partial charge in [0.1, 0.15) is 0 Å². The average Bonchev–Trinajstić information content (AvgIpc) is 2.72. The number of piperidine rings is 1. The summed E-state index contributed by atoms with van der Waals surface area (Å²) in [6.07, 6.45) is 5.49. The van der Waals surface area contributed by atoms with Crippen LogP contribution in [-0.4, -0.2) is 28.3 Å². The predicted molar refractivity (Wildman–Crippen MR) is 115 cm³/mol. The van der Waals surface area contributed by atoms with Crippen molar-refractivity contribution in [2.75, 3.05) is 28.6 Å². The number of aromatic nitrogens is 3. The van der Waals surface area contributed by atoms with E-state index >= 15 is 0 Å². The highest BCUT2D eigenvalue weighted by Crippen LogP contribution is 2.24. The quantitative estimate of drug-likeness (QED) is 0.611. The third kappa shape index (κ3) is 4.51. The number of hydrogen-bond donors (Lipinski definition) is 2. The first-order valence-corrected chi connectivity index (χ1v) is 9.90. The number of benzene rings is 2. The highest BCUT2D eigenvalue weighted by molar-refractivity contribution is 6.30. The van der Waals surface area contributed by atoms with E-state index in [1.165, 1.54) is 24.9 Å². The van der Waals surface area contributed by atoms with Crippen molar-refractivity contribution < 1.29 is 0 Å². The Kier molecular flexibility index (Phi) is 5.58. The van der Waals surface area contributed by atoms with Crippen molar-refractivity contribution in [3.8, 4) is 0 Å². The second-order valence-electron chi connectivity index (χ2n) is 6.97. The highest BCUT2D eigenvalue weighted by Gasteiger charge is 2.11. The Morgan fingerprint density at radius 1 is 0.964 bits per heavy atom. The van der Waals surface area contributed by atoms with E-state index in [-0.39, 0.29) is 0 Å². The van der Waals surface area contributed by atoms with Gasteiger partial charge in [0.15, 0.2) is 5.82 Å². The smallest absolute Gasteiger partial charge is 0.249 e. The Hall–Kier alpha value is -2.86. The lowest BCUT2D eigenvalue weighted by atomic mass is 10.1. The molecule has 3 aromatic rings. The lowest BCUT2D eigenvalue weighted by molar-refractivity contribution is 0.578. The van der Waals surface area contributed by atoms with E-state index in [4.69, 9.17) is 11.6 Å². The van der Waals surface area contributed by atoms with Gasteiger partial charge in [0.25, 0.3) is 0 Å². The van der Waals surface area contributed by atoms with Crippen molar-refractivity contribution >= 4 is 40.4 Å². The van der Waals surface area contributed by atoms with Gasteiger partial charge in [-0.3, -0.25) is 0 Å². The second-order valence-corrected chi connectivity index (χ2v) is 7.41. The summed E-state index contributed by atoms with van der Waals surface area (Å²) >= 11 is 6.01. The molecule has 1 aliphatic rings. The van der Waals surface area contributed by atoms with Gasteiger partial charge in [-0.25, -0.2) is 0 Å². The topological polar surface area (TPSA) is 66.0 Å². The van der Waals surface area contributed by atoms with Gasteiger partial charge in [0, 0.05) is 35.2 Å². The lowest BCUT2D eigenvalue weighted by Crippen LogP contribution is -2.29. The molecule has 1 aromatic heterocycles. The van der Waals surface area contributed by atoms with Crippen LogP contribution in [-0.2, 0) is 0 Å². The number of anilines is 5. The minimum Gasteiger partial charge on any atom is -0.372 e. The fraction of sp³-hybridized carbons (Fsp3) is 0.286. The van der Waals surface area contributed by atoms with Crippen molar-refractivity contribution in [2.45, 2.75) is 26.2 Å². The van der Waals surface area contributed by atoms with E-state index < -0.39 is 0 Å². The van der Waals surface area contributed by atoms with E-state index in [1.54, 1.807) is 6.20 Å². The van der Waals surface area contributed by atoms with Crippen LogP contribution in [0.25, 0.3) is 0 Å². The van der Waals surface area contributed by atoms with Crippen LogP contribution < -0.4 is 15.5 Å². The maximum absolute atomic E-state index is 6.01. The summed E-state index contributed by atoms with van der Waals surface area (Å²) in [7, 11) is 0.